The fraction of sp³-hybridized carbons (Fsp3) is 1.00. The lowest BCUT2D eigenvalue weighted by molar-refractivity contribution is -0.410. The monoisotopic (exact) mass is 1210 g/mol. The van der Waals surface area contributed by atoms with Gasteiger partial charge in [-0.25, -0.2) is 0 Å². The molecule has 4 saturated carbocycles. The van der Waals surface area contributed by atoms with E-state index in [2.05, 4.69) is 27.7 Å². The van der Waals surface area contributed by atoms with Gasteiger partial charge in [-0.15, -0.1) is 0 Å². The Morgan fingerprint density at radius 1 is 0.452 bits per heavy atom. The summed E-state index contributed by atoms with van der Waals surface area (Å²) in [6, 6.07) is 0. The Hall–Kier alpha value is -1.12. The lowest BCUT2D eigenvalue weighted by atomic mass is 9.44. The molecule has 484 valence electrons. The molecule has 7 aliphatic heterocycles. The average molecular weight is 1210 g/mol. The van der Waals surface area contributed by atoms with Crippen LogP contribution in [-0.4, -0.2) is 293 Å². The SMILES string of the molecule is C[C@@H]1CC[C@@]2(OC1)OC1CC3C4CC[C@H]5C[C@@H](O[C@@H]6O[C@H](CO)[C@H](O[C@@H]7O[C@H](CO)[C@@H](O)[C@H](O[C@@H]8OC[C@@H](O)[C@H](O)[C@H]8O)[C@H]7O[C@@H]7O[C@H](CO)[C@@H](O)[C@H](O[C@@H]8O[C@H](CO)[C@@H](O)[C@H](O)[C@H]8O)[C@H]7O)[C@H](O)[C@H]6O)[C@H](O)C[C@]5(C)C4CC[C@]3(C)C1[C@@H]2C. The highest BCUT2D eigenvalue weighted by atomic mass is 16.8. The summed E-state index contributed by atoms with van der Waals surface area (Å²) < 4.78 is 73.1. The minimum atomic E-state index is -2.20. The van der Waals surface area contributed by atoms with E-state index in [9.17, 15) is 81.7 Å². The molecular weight excluding hydrogens is 1120 g/mol. The Labute approximate surface area is 486 Å². The molecule has 11 rings (SSSR count). The second-order valence-corrected chi connectivity index (χ2v) is 26.8. The van der Waals surface area contributed by atoms with Gasteiger partial charge in [-0.3, -0.25) is 0 Å². The number of rotatable bonds is 14. The highest BCUT2D eigenvalue weighted by Crippen LogP contribution is 2.71. The predicted octanol–water partition coefficient (Wildman–Crippen LogP) is -5.48. The Bertz CT molecular complexity index is 2180. The topological polar surface area (TPSA) is 434 Å². The minimum Gasteiger partial charge on any atom is -0.394 e. The van der Waals surface area contributed by atoms with Crippen molar-refractivity contribution >= 4 is 0 Å². The predicted molar refractivity (Wildman–Crippen MR) is 276 cm³/mol. The molecule has 16 N–H and O–H groups in total. The van der Waals surface area contributed by atoms with Crippen LogP contribution in [0, 0.1) is 52.3 Å². The van der Waals surface area contributed by atoms with Crippen molar-refractivity contribution in [3.05, 3.63) is 0 Å². The molecule has 0 aromatic rings. The summed E-state index contributed by atoms with van der Waals surface area (Å²) in [5.74, 6) is 2.10. The van der Waals surface area contributed by atoms with Crippen molar-refractivity contribution in [1.29, 1.82) is 0 Å². The average Bonchev–Trinajstić information content (AvgIpc) is 1.56. The van der Waals surface area contributed by atoms with Gasteiger partial charge in [-0.2, -0.15) is 0 Å². The van der Waals surface area contributed by atoms with Crippen LogP contribution in [0.25, 0.3) is 0 Å². The zero-order valence-corrected chi connectivity index (χ0v) is 47.8. The largest absolute Gasteiger partial charge is 0.394 e. The van der Waals surface area contributed by atoms with E-state index in [4.69, 9.17) is 56.8 Å². The van der Waals surface area contributed by atoms with Crippen LogP contribution in [0.3, 0.4) is 0 Å². The molecule has 7 saturated heterocycles. The fourth-order valence-electron chi connectivity index (χ4n) is 17.4. The van der Waals surface area contributed by atoms with E-state index < -0.39 is 198 Å². The van der Waals surface area contributed by atoms with Gasteiger partial charge in [0.2, 0.25) is 0 Å². The molecule has 0 bridgehead atoms. The van der Waals surface area contributed by atoms with E-state index in [1.165, 1.54) is 0 Å². The lowest BCUT2D eigenvalue weighted by Gasteiger charge is -2.62. The highest BCUT2D eigenvalue weighted by Gasteiger charge is 2.70. The Morgan fingerprint density at radius 2 is 1.02 bits per heavy atom. The van der Waals surface area contributed by atoms with Crippen molar-refractivity contribution in [2.75, 3.05) is 39.6 Å². The van der Waals surface area contributed by atoms with Crippen LogP contribution in [-0.2, 0) is 56.8 Å². The van der Waals surface area contributed by atoms with Gasteiger partial charge in [0.25, 0.3) is 0 Å². The number of hydrogen-bond donors (Lipinski definition) is 16. The summed E-state index contributed by atoms with van der Waals surface area (Å²) in [7, 11) is 0. The molecule has 5 unspecified atom stereocenters. The van der Waals surface area contributed by atoms with Crippen LogP contribution in [0.4, 0.5) is 0 Å². The maximum Gasteiger partial charge on any atom is 0.187 e. The molecule has 0 aromatic heterocycles. The summed E-state index contributed by atoms with van der Waals surface area (Å²) >= 11 is 0. The van der Waals surface area contributed by atoms with Crippen molar-refractivity contribution in [2.24, 2.45) is 52.3 Å². The van der Waals surface area contributed by atoms with Crippen molar-refractivity contribution in [3.8, 4) is 0 Å². The first-order valence-corrected chi connectivity index (χ1v) is 30.3. The first-order chi connectivity index (χ1) is 39.9. The van der Waals surface area contributed by atoms with Crippen LogP contribution < -0.4 is 0 Å². The van der Waals surface area contributed by atoms with Gasteiger partial charge >= 0.3 is 0 Å². The van der Waals surface area contributed by atoms with E-state index in [0.29, 0.717) is 42.4 Å². The number of aliphatic hydroxyl groups excluding tert-OH is 16. The van der Waals surface area contributed by atoms with Crippen LogP contribution in [0.15, 0.2) is 0 Å². The number of fused-ring (bicyclic) bond motifs is 7. The fourth-order valence-corrected chi connectivity index (χ4v) is 17.4. The van der Waals surface area contributed by atoms with Crippen LogP contribution in [0.2, 0.25) is 0 Å². The molecule has 4 aliphatic carbocycles. The first kappa shape index (κ1) is 64.4. The standard InChI is InChI=1S/C56H92O28/c1-20-7-10-56(74-18-20)21(2)34-29(84-56)12-25-23-6-5-22-11-28(26(61)13-55(22,4)24(23)8-9-54(25,34)3)75-50-43(71)40(68)45(33(17-60)79-50)80-53-48(47(38(66)32(16-59)78-53)82-49-41(69)35(63)27(62)19-73-49)83-52-44(72)46(37(65)31(15-58)77-52)81-51-42(70)39(67)36(64)30(14-57)76-51/h20-53,57-72H,5-19H2,1-4H3/t20-,21+,22+,23?,24?,25?,26-,27-,28-,29?,30-,31-,32-,33-,34?,35+,36-,37-,38-,39+,40-,41-,42-,43-,44-,45+,46+,47+,48-,49+,50-,51+,52+,53+,54+,55+,56-/m1/s1. The van der Waals surface area contributed by atoms with E-state index >= 15 is 0 Å². The molecule has 84 heavy (non-hydrogen) atoms. The second-order valence-electron chi connectivity index (χ2n) is 26.8. The van der Waals surface area contributed by atoms with E-state index in [1.807, 2.05) is 0 Å². The van der Waals surface area contributed by atoms with E-state index in [0.717, 1.165) is 51.6 Å². The Morgan fingerprint density at radius 3 is 1.69 bits per heavy atom. The molecule has 7 heterocycles. The van der Waals surface area contributed by atoms with Crippen molar-refractivity contribution in [3.63, 3.8) is 0 Å². The van der Waals surface area contributed by atoms with Gasteiger partial charge in [-0.05, 0) is 97.7 Å². The summed E-state index contributed by atoms with van der Waals surface area (Å²) in [6.45, 7) is 5.74. The van der Waals surface area contributed by atoms with Crippen molar-refractivity contribution < 1.29 is 139 Å². The molecule has 0 amide bonds. The van der Waals surface area contributed by atoms with E-state index in [-0.39, 0.29) is 28.8 Å². The summed E-state index contributed by atoms with van der Waals surface area (Å²) in [6.07, 6.45) is -39.0. The first-order valence-electron chi connectivity index (χ1n) is 30.3. The number of ether oxygens (including phenoxy) is 12. The Balaban J connectivity index is 0.793. The van der Waals surface area contributed by atoms with Gasteiger partial charge in [0.15, 0.2) is 37.2 Å². The molecular formula is C56H92O28. The molecule has 11 fully saturated rings. The van der Waals surface area contributed by atoms with Crippen molar-refractivity contribution in [2.45, 2.75) is 257 Å². The maximum absolute atomic E-state index is 12.1. The summed E-state index contributed by atoms with van der Waals surface area (Å²) in [4.78, 5) is 0. The molecule has 28 nitrogen and oxygen atoms in total. The Kier molecular flexibility index (Phi) is 19.3. The third-order valence-electron chi connectivity index (χ3n) is 22.1. The molecule has 28 heteroatoms. The van der Waals surface area contributed by atoms with Gasteiger partial charge in [-0.1, -0.05) is 27.7 Å². The molecule has 11 aliphatic rings. The second kappa shape index (κ2) is 25.2. The van der Waals surface area contributed by atoms with Gasteiger partial charge in [0, 0.05) is 12.3 Å². The minimum absolute atomic E-state index is 0.101. The van der Waals surface area contributed by atoms with Crippen LogP contribution in [0.1, 0.15) is 85.5 Å². The molecule has 1 spiro atoms. The van der Waals surface area contributed by atoms with Gasteiger partial charge in [0.1, 0.15) is 116 Å². The van der Waals surface area contributed by atoms with Crippen molar-refractivity contribution in [1.82, 2.24) is 0 Å². The zero-order valence-electron chi connectivity index (χ0n) is 47.8. The highest BCUT2D eigenvalue weighted by molar-refractivity contribution is 5.16. The van der Waals surface area contributed by atoms with Crippen LogP contribution >= 0.6 is 0 Å². The molecule has 37 atom stereocenters. The quantitative estimate of drug-likeness (QED) is 0.0722. The summed E-state index contributed by atoms with van der Waals surface area (Å²) in [5, 5.41) is 176. The smallest absolute Gasteiger partial charge is 0.187 e. The van der Waals surface area contributed by atoms with Crippen LogP contribution in [0.5, 0.6) is 0 Å². The lowest BCUT2D eigenvalue weighted by Crippen LogP contribution is -2.69. The number of hydrogen-bond acceptors (Lipinski definition) is 28. The van der Waals surface area contributed by atoms with E-state index in [1.54, 1.807) is 0 Å². The summed E-state index contributed by atoms with van der Waals surface area (Å²) in [5.41, 5.74) is -0.128. The third-order valence-corrected chi connectivity index (χ3v) is 22.1. The maximum atomic E-state index is 12.1. The molecule has 0 radical (unpaired) electrons. The zero-order chi connectivity index (χ0) is 60.2. The normalized spacial score (nSPS) is 57.7. The third kappa shape index (κ3) is 11.2. The number of aliphatic hydroxyl groups is 16. The van der Waals surface area contributed by atoms with Gasteiger partial charge in [0.05, 0.1) is 58.0 Å². The van der Waals surface area contributed by atoms with Gasteiger partial charge < -0.3 is 139 Å². The molecule has 0 aromatic carbocycles.